The van der Waals surface area contributed by atoms with Crippen molar-refractivity contribution in [1.82, 2.24) is 5.43 Å². The predicted molar refractivity (Wildman–Crippen MR) is 99.7 cm³/mol. The van der Waals surface area contributed by atoms with Gasteiger partial charge in [0, 0.05) is 21.8 Å². The molecule has 0 saturated heterocycles. The highest BCUT2D eigenvalue weighted by Gasteiger charge is 2.15. The highest BCUT2D eigenvalue weighted by atomic mass is 79.9. The van der Waals surface area contributed by atoms with Gasteiger partial charge in [0.2, 0.25) is 0 Å². The fourth-order valence-electron chi connectivity index (χ4n) is 1.94. The zero-order valence-corrected chi connectivity index (χ0v) is 15.2. The Morgan fingerprint density at radius 3 is 2.69 bits per heavy atom. The lowest BCUT2D eigenvalue weighted by Crippen LogP contribution is -2.25. The Morgan fingerprint density at radius 1 is 1.38 bits per heavy atom. The molecular formula is C16H15BrN4O5. The van der Waals surface area contributed by atoms with E-state index in [-0.39, 0.29) is 29.3 Å². The predicted octanol–water partition coefficient (Wildman–Crippen LogP) is 2.63. The van der Waals surface area contributed by atoms with Gasteiger partial charge in [0.1, 0.15) is 0 Å². The lowest BCUT2D eigenvalue weighted by atomic mass is 10.2. The van der Waals surface area contributed by atoms with Gasteiger partial charge in [-0.1, -0.05) is 15.9 Å². The number of ether oxygens (including phenoxy) is 1. The summed E-state index contributed by atoms with van der Waals surface area (Å²) in [5, 5.41) is 27.5. The lowest BCUT2D eigenvalue weighted by Gasteiger charge is -2.06. The molecule has 0 bridgehead atoms. The van der Waals surface area contributed by atoms with E-state index in [4.69, 9.17) is 4.74 Å². The Bertz CT molecular complexity index is 839. The van der Waals surface area contributed by atoms with E-state index in [1.54, 1.807) is 12.1 Å². The summed E-state index contributed by atoms with van der Waals surface area (Å²) >= 11 is 3.31. The summed E-state index contributed by atoms with van der Waals surface area (Å²) in [5.74, 6) is -0.811. The molecule has 0 aliphatic carbocycles. The van der Waals surface area contributed by atoms with Gasteiger partial charge in [-0.2, -0.15) is 5.10 Å². The highest BCUT2D eigenvalue weighted by molar-refractivity contribution is 9.10. The number of methoxy groups -OCH3 is 1. The molecule has 0 aliphatic heterocycles. The van der Waals surface area contributed by atoms with Crippen LogP contribution in [0.15, 0.2) is 46.0 Å². The van der Waals surface area contributed by atoms with E-state index in [0.717, 1.165) is 28.5 Å². The quantitative estimate of drug-likeness (QED) is 0.357. The van der Waals surface area contributed by atoms with Crippen LogP contribution in [0.2, 0.25) is 0 Å². The van der Waals surface area contributed by atoms with Gasteiger partial charge in [0.05, 0.1) is 30.9 Å². The number of rotatable bonds is 7. The summed E-state index contributed by atoms with van der Waals surface area (Å²) in [5.41, 5.74) is 2.79. The van der Waals surface area contributed by atoms with Gasteiger partial charge in [-0.05, 0) is 24.3 Å². The van der Waals surface area contributed by atoms with Crippen molar-refractivity contribution in [1.29, 1.82) is 0 Å². The van der Waals surface area contributed by atoms with Gasteiger partial charge >= 0.3 is 0 Å². The molecule has 0 aliphatic rings. The molecule has 136 valence electrons. The fourth-order valence-corrected chi connectivity index (χ4v) is 2.20. The number of carbonyl (C=O) groups excluding carboxylic acids is 1. The van der Waals surface area contributed by atoms with Crippen LogP contribution in [0.5, 0.6) is 11.5 Å². The third-order valence-corrected chi connectivity index (χ3v) is 3.74. The summed E-state index contributed by atoms with van der Waals surface area (Å²) in [7, 11) is 1.27. The standard InChI is InChI=1S/C16H15BrN4O5/c1-26-14-7-13(21(24)25)6-10(16(14)23)8-19-20-15(22)9-18-12-4-2-11(17)3-5-12/h2-8,18,23H,9H2,1H3,(H,20,22)/b19-8-. The Kier molecular flexibility index (Phi) is 6.50. The minimum absolute atomic E-state index is 0.0246. The van der Waals surface area contributed by atoms with E-state index in [1.165, 1.54) is 7.11 Å². The number of benzene rings is 2. The van der Waals surface area contributed by atoms with Gasteiger partial charge < -0.3 is 15.2 Å². The molecule has 2 aromatic carbocycles. The first-order valence-corrected chi connectivity index (χ1v) is 8.06. The van der Waals surface area contributed by atoms with Crippen LogP contribution in [0.4, 0.5) is 11.4 Å². The van der Waals surface area contributed by atoms with Gasteiger partial charge in [0.25, 0.3) is 11.6 Å². The number of nitrogens with one attached hydrogen (secondary N) is 2. The smallest absolute Gasteiger partial charge is 0.274 e. The maximum Gasteiger partial charge on any atom is 0.274 e. The number of nitro groups is 1. The zero-order chi connectivity index (χ0) is 19.1. The Morgan fingerprint density at radius 2 is 2.08 bits per heavy atom. The number of hydrazone groups is 1. The number of nitro benzene ring substituents is 1. The molecule has 3 N–H and O–H groups in total. The van der Waals surface area contributed by atoms with Crippen LogP contribution >= 0.6 is 15.9 Å². The summed E-state index contributed by atoms with van der Waals surface area (Å²) in [6.07, 6.45) is 1.10. The van der Waals surface area contributed by atoms with Crippen molar-refractivity contribution in [3.63, 3.8) is 0 Å². The summed E-state index contributed by atoms with van der Waals surface area (Å²) in [4.78, 5) is 22.0. The normalized spacial score (nSPS) is 10.5. The first-order chi connectivity index (χ1) is 12.4. The van der Waals surface area contributed by atoms with E-state index in [9.17, 15) is 20.0 Å². The number of phenols is 1. The third kappa shape index (κ3) is 5.18. The number of aromatic hydroxyl groups is 1. The topological polar surface area (TPSA) is 126 Å². The number of amides is 1. The summed E-state index contributed by atoms with van der Waals surface area (Å²) < 4.78 is 5.80. The number of phenolic OH excluding ortho intramolecular Hbond substituents is 1. The molecule has 9 nitrogen and oxygen atoms in total. The van der Waals surface area contributed by atoms with E-state index < -0.39 is 10.8 Å². The highest BCUT2D eigenvalue weighted by Crippen LogP contribution is 2.33. The Hall–Kier alpha value is -3.14. The molecule has 0 unspecified atom stereocenters. The van der Waals surface area contributed by atoms with E-state index in [1.807, 2.05) is 12.1 Å². The number of halogens is 1. The Labute approximate surface area is 157 Å². The molecule has 10 heteroatoms. The van der Waals surface area contributed by atoms with Crippen molar-refractivity contribution in [2.45, 2.75) is 0 Å². The number of carbonyl (C=O) groups is 1. The maximum atomic E-state index is 11.8. The second kappa shape index (κ2) is 8.81. The summed E-state index contributed by atoms with van der Waals surface area (Å²) in [6.45, 7) is -0.0246. The molecule has 0 heterocycles. The van der Waals surface area contributed by atoms with E-state index >= 15 is 0 Å². The van der Waals surface area contributed by atoms with Crippen molar-refractivity contribution in [2.75, 3.05) is 19.0 Å². The zero-order valence-electron chi connectivity index (χ0n) is 13.6. The number of nitrogens with zero attached hydrogens (tertiary/aromatic N) is 2. The second-order valence-corrected chi connectivity index (χ2v) is 5.91. The average Bonchev–Trinajstić information content (AvgIpc) is 2.62. The minimum atomic E-state index is -0.625. The summed E-state index contributed by atoms with van der Waals surface area (Å²) in [6, 6.07) is 9.47. The van der Waals surface area contributed by atoms with Crippen molar-refractivity contribution < 1.29 is 19.6 Å². The molecule has 0 fully saturated rings. The molecule has 0 saturated carbocycles. The Balaban J connectivity index is 1.98. The van der Waals surface area contributed by atoms with Crippen molar-refractivity contribution in [3.8, 4) is 11.5 Å². The molecule has 0 radical (unpaired) electrons. The van der Waals surface area contributed by atoms with Crippen LogP contribution in [0.1, 0.15) is 5.56 Å². The van der Waals surface area contributed by atoms with Crippen LogP contribution in [0, 0.1) is 10.1 Å². The van der Waals surface area contributed by atoms with Crippen molar-refractivity contribution in [3.05, 3.63) is 56.5 Å². The average molecular weight is 423 g/mol. The van der Waals surface area contributed by atoms with Gasteiger partial charge in [-0.25, -0.2) is 5.43 Å². The SMILES string of the molecule is COc1cc([N+](=O)[O-])cc(/C=N\NC(=O)CNc2ccc(Br)cc2)c1O. The van der Waals surface area contributed by atoms with Crippen LogP contribution in [0.25, 0.3) is 0 Å². The third-order valence-electron chi connectivity index (χ3n) is 3.21. The second-order valence-electron chi connectivity index (χ2n) is 5.00. The van der Waals surface area contributed by atoms with Gasteiger partial charge in [0.15, 0.2) is 11.5 Å². The largest absolute Gasteiger partial charge is 0.504 e. The molecule has 26 heavy (non-hydrogen) atoms. The molecule has 2 aromatic rings. The van der Waals surface area contributed by atoms with Crippen molar-refractivity contribution >= 4 is 39.4 Å². The molecule has 0 spiro atoms. The first kappa shape index (κ1) is 19.2. The number of hydrogen-bond acceptors (Lipinski definition) is 7. The monoisotopic (exact) mass is 422 g/mol. The van der Waals surface area contributed by atoms with Crippen LogP contribution in [0.3, 0.4) is 0 Å². The molecule has 1 amide bonds. The molecule has 0 aromatic heterocycles. The van der Waals surface area contributed by atoms with E-state index in [0.29, 0.717) is 0 Å². The van der Waals surface area contributed by atoms with Crippen LogP contribution in [-0.2, 0) is 4.79 Å². The minimum Gasteiger partial charge on any atom is -0.504 e. The van der Waals surface area contributed by atoms with Gasteiger partial charge in [-0.15, -0.1) is 0 Å². The molecule has 0 atom stereocenters. The number of hydrogen-bond donors (Lipinski definition) is 3. The molecular weight excluding hydrogens is 408 g/mol. The fraction of sp³-hybridized carbons (Fsp3) is 0.125. The van der Waals surface area contributed by atoms with Gasteiger partial charge in [-0.3, -0.25) is 14.9 Å². The first-order valence-electron chi connectivity index (χ1n) is 7.27. The van der Waals surface area contributed by atoms with E-state index in [2.05, 4.69) is 31.8 Å². The number of non-ortho nitro benzene ring substituents is 1. The van der Waals surface area contributed by atoms with Crippen LogP contribution < -0.4 is 15.5 Å². The molecule has 2 rings (SSSR count). The van der Waals surface area contributed by atoms with Crippen molar-refractivity contribution in [2.24, 2.45) is 5.10 Å². The number of anilines is 1. The lowest BCUT2D eigenvalue weighted by molar-refractivity contribution is -0.385. The van der Waals surface area contributed by atoms with Crippen LogP contribution in [-0.4, -0.2) is 35.8 Å². The maximum absolute atomic E-state index is 11.8.